The van der Waals surface area contributed by atoms with Gasteiger partial charge in [-0.1, -0.05) is 12.1 Å². The lowest BCUT2D eigenvalue weighted by atomic mass is 10.2. The molecule has 8 heteroatoms. The SMILES string of the molecule is COc1cc(/C=N/NC(=O)CC#N)c(Br)cc1OCc1ccc(F)cc1. The van der Waals surface area contributed by atoms with Crippen LogP contribution in [0.25, 0.3) is 0 Å². The normalized spacial score (nSPS) is 10.4. The molecule has 0 aromatic heterocycles. The van der Waals surface area contributed by atoms with E-state index < -0.39 is 5.91 Å². The molecule has 0 aliphatic carbocycles. The molecule has 0 atom stereocenters. The lowest BCUT2D eigenvalue weighted by Crippen LogP contribution is -2.16. The minimum atomic E-state index is -0.494. The molecule has 6 nitrogen and oxygen atoms in total. The van der Waals surface area contributed by atoms with Gasteiger partial charge >= 0.3 is 0 Å². The van der Waals surface area contributed by atoms with Gasteiger partial charge in [0.15, 0.2) is 11.5 Å². The molecular weight excluding hydrogens is 405 g/mol. The second-order valence-corrected chi connectivity index (χ2v) is 5.92. The summed E-state index contributed by atoms with van der Waals surface area (Å²) in [6.45, 7) is 0.251. The average molecular weight is 420 g/mol. The van der Waals surface area contributed by atoms with Gasteiger partial charge in [-0.15, -0.1) is 0 Å². The Morgan fingerprint density at radius 1 is 1.35 bits per heavy atom. The predicted molar refractivity (Wildman–Crippen MR) is 97.4 cm³/mol. The van der Waals surface area contributed by atoms with Crippen LogP contribution in [0, 0.1) is 17.1 Å². The van der Waals surface area contributed by atoms with Crippen molar-refractivity contribution in [3.8, 4) is 17.6 Å². The summed E-state index contributed by atoms with van der Waals surface area (Å²) in [4.78, 5) is 11.2. The molecule has 0 bridgehead atoms. The third-order valence-electron chi connectivity index (χ3n) is 3.22. The molecule has 0 aliphatic rings. The quantitative estimate of drug-likeness (QED) is 0.549. The molecule has 0 saturated carbocycles. The Balaban J connectivity index is 2.10. The number of nitrogens with zero attached hydrogens (tertiary/aromatic N) is 2. The largest absolute Gasteiger partial charge is 0.493 e. The second-order valence-electron chi connectivity index (χ2n) is 5.07. The van der Waals surface area contributed by atoms with Crippen molar-refractivity contribution in [3.63, 3.8) is 0 Å². The third-order valence-corrected chi connectivity index (χ3v) is 3.91. The van der Waals surface area contributed by atoms with E-state index in [1.54, 1.807) is 30.3 Å². The number of methoxy groups -OCH3 is 1. The molecule has 134 valence electrons. The molecule has 0 aliphatic heterocycles. The maximum Gasteiger partial charge on any atom is 0.254 e. The minimum Gasteiger partial charge on any atom is -0.493 e. The molecule has 2 aromatic rings. The minimum absolute atomic E-state index is 0.251. The number of halogens is 2. The van der Waals surface area contributed by atoms with Gasteiger partial charge in [-0.2, -0.15) is 10.4 Å². The van der Waals surface area contributed by atoms with Crippen molar-refractivity contribution in [2.24, 2.45) is 5.10 Å². The molecule has 2 aromatic carbocycles. The summed E-state index contributed by atoms with van der Waals surface area (Å²) < 4.78 is 24.7. The smallest absolute Gasteiger partial charge is 0.254 e. The van der Waals surface area contributed by atoms with Crippen LogP contribution in [0.1, 0.15) is 17.5 Å². The fraction of sp³-hybridized carbons (Fsp3) is 0.167. The van der Waals surface area contributed by atoms with Crippen LogP contribution < -0.4 is 14.9 Å². The Labute approximate surface area is 158 Å². The maximum absolute atomic E-state index is 12.9. The lowest BCUT2D eigenvalue weighted by molar-refractivity contribution is -0.120. The summed E-state index contributed by atoms with van der Waals surface area (Å²) in [6, 6.07) is 11.1. The molecule has 0 fully saturated rings. The van der Waals surface area contributed by atoms with E-state index in [-0.39, 0.29) is 18.8 Å². The number of carbonyl (C=O) groups excluding carboxylic acids is 1. The number of hydrogen-bond acceptors (Lipinski definition) is 5. The fourth-order valence-electron chi connectivity index (χ4n) is 1.95. The molecule has 0 heterocycles. The van der Waals surface area contributed by atoms with Gasteiger partial charge in [-0.3, -0.25) is 4.79 Å². The lowest BCUT2D eigenvalue weighted by Gasteiger charge is -2.12. The van der Waals surface area contributed by atoms with Crippen LogP contribution in [0.4, 0.5) is 4.39 Å². The van der Waals surface area contributed by atoms with Crippen LogP contribution in [-0.4, -0.2) is 19.2 Å². The Morgan fingerprint density at radius 2 is 2.08 bits per heavy atom. The molecule has 26 heavy (non-hydrogen) atoms. The van der Waals surface area contributed by atoms with Crippen molar-refractivity contribution in [3.05, 3.63) is 57.8 Å². The highest BCUT2D eigenvalue weighted by molar-refractivity contribution is 9.10. The Hall–Kier alpha value is -2.92. The Bertz CT molecular complexity index is 848. The highest BCUT2D eigenvalue weighted by Gasteiger charge is 2.10. The van der Waals surface area contributed by atoms with Crippen molar-refractivity contribution >= 4 is 28.1 Å². The van der Waals surface area contributed by atoms with Crippen LogP contribution in [0.15, 0.2) is 46.0 Å². The topological polar surface area (TPSA) is 83.7 Å². The van der Waals surface area contributed by atoms with Gasteiger partial charge in [-0.25, -0.2) is 9.82 Å². The van der Waals surface area contributed by atoms with Gasteiger partial charge in [0.25, 0.3) is 5.91 Å². The average Bonchev–Trinajstić information content (AvgIpc) is 2.63. The number of hydrogen-bond donors (Lipinski definition) is 1. The number of nitrogens with one attached hydrogen (secondary N) is 1. The first-order valence-corrected chi connectivity index (χ1v) is 8.26. The van der Waals surface area contributed by atoms with Crippen LogP contribution in [-0.2, 0) is 11.4 Å². The predicted octanol–water partition coefficient (Wildman–Crippen LogP) is 3.54. The molecular formula is C18H15BrFN3O3. The van der Waals surface area contributed by atoms with Crippen LogP contribution >= 0.6 is 15.9 Å². The summed E-state index contributed by atoms with van der Waals surface area (Å²) >= 11 is 3.40. The molecule has 1 amide bonds. The van der Waals surface area contributed by atoms with Crippen molar-refractivity contribution in [2.75, 3.05) is 7.11 Å². The van der Waals surface area contributed by atoms with E-state index in [0.29, 0.717) is 21.5 Å². The van der Waals surface area contributed by atoms with Crippen molar-refractivity contribution < 1.29 is 18.7 Å². The van der Waals surface area contributed by atoms with E-state index >= 15 is 0 Å². The second kappa shape index (κ2) is 9.53. The number of nitriles is 1. The number of benzene rings is 2. The number of carbonyl (C=O) groups is 1. The van der Waals surface area contributed by atoms with Crippen LogP contribution in [0.3, 0.4) is 0 Å². The number of rotatable bonds is 7. The van der Waals surface area contributed by atoms with E-state index in [1.807, 2.05) is 0 Å². The molecule has 2 rings (SSSR count). The number of ether oxygens (including phenoxy) is 2. The summed E-state index contributed by atoms with van der Waals surface area (Å²) in [6.07, 6.45) is 1.16. The summed E-state index contributed by atoms with van der Waals surface area (Å²) in [5.74, 6) is 0.167. The molecule has 0 spiro atoms. The standard InChI is InChI=1S/C18H15BrFN3O3/c1-25-16-8-13(10-22-23-18(24)6-7-21)15(19)9-17(16)26-11-12-2-4-14(20)5-3-12/h2-5,8-10H,6,11H2,1H3,(H,23,24)/b22-10+. The maximum atomic E-state index is 12.9. The zero-order chi connectivity index (χ0) is 18.9. The van der Waals surface area contributed by atoms with Gasteiger partial charge in [0.05, 0.1) is 19.4 Å². The van der Waals surface area contributed by atoms with E-state index in [0.717, 1.165) is 5.56 Å². The highest BCUT2D eigenvalue weighted by atomic mass is 79.9. The summed E-state index contributed by atoms with van der Waals surface area (Å²) in [5.41, 5.74) is 3.71. The van der Waals surface area contributed by atoms with E-state index in [9.17, 15) is 9.18 Å². The Kier molecular flexibility index (Phi) is 7.12. The highest BCUT2D eigenvalue weighted by Crippen LogP contribution is 2.33. The summed E-state index contributed by atoms with van der Waals surface area (Å²) in [7, 11) is 1.50. The zero-order valence-corrected chi connectivity index (χ0v) is 15.4. The van der Waals surface area contributed by atoms with Crippen LogP contribution in [0.5, 0.6) is 11.5 Å². The monoisotopic (exact) mass is 419 g/mol. The van der Waals surface area contributed by atoms with Gasteiger partial charge in [0.1, 0.15) is 18.8 Å². The van der Waals surface area contributed by atoms with Crippen molar-refractivity contribution in [1.29, 1.82) is 5.26 Å². The third kappa shape index (κ3) is 5.57. The first-order valence-electron chi connectivity index (χ1n) is 7.47. The van der Waals surface area contributed by atoms with Gasteiger partial charge in [-0.05, 0) is 45.8 Å². The van der Waals surface area contributed by atoms with E-state index in [4.69, 9.17) is 14.7 Å². The first-order chi connectivity index (χ1) is 12.5. The molecule has 1 N–H and O–H groups in total. The van der Waals surface area contributed by atoms with Crippen molar-refractivity contribution in [1.82, 2.24) is 5.43 Å². The van der Waals surface area contributed by atoms with Crippen LogP contribution in [0.2, 0.25) is 0 Å². The molecule has 0 radical (unpaired) electrons. The Morgan fingerprint density at radius 3 is 2.73 bits per heavy atom. The van der Waals surface area contributed by atoms with Gasteiger partial charge in [0, 0.05) is 10.0 Å². The zero-order valence-electron chi connectivity index (χ0n) is 13.8. The van der Waals surface area contributed by atoms with Gasteiger partial charge in [0.2, 0.25) is 0 Å². The summed E-state index contributed by atoms with van der Waals surface area (Å²) in [5, 5.41) is 12.2. The molecule has 0 unspecified atom stereocenters. The van der Waals surface area contributed by atoms with E-state index in [2.05, 4.69) is 26.5 Å². The van der Waals surface area contributed by atoms with Gasteiger partial charge < -0.3 is 9.47 Å². The fourth-order valence-corrected chi connectivity index (χ4v) is 2.37. The van der Waals surface area contributed by atoms with Crippen molar-refractivity contribution in [2.45, 2.75) is 13.0 Å². The van der Waals surface area contributed by atoms with E-state index in [1.165, 1.54) is 25.5 Å². The number of amides is 1. The molecule has 0 saturated heterocycles. The first kappa shape index (κ1) is 19.4. The number of hydrazone groups is 1.